The van der Waals surface area contributed by atoms with E-state index in [-0.39, 0.29) is 25.4 Å². The minimum atomic E-state index is -0.139. The second kappa shape index (κ2) is 12.7. The molecule has 4 aliphatic rings. The number of nitrogens with one attached hydrogen (secondary N) is 2. The van der Waals surface area contributed by atoms with Crippen LogP contribution in [0, 0.1) is 0 Å². The fourth-order valence-electron chi connectivity index (χ4n) is 4.43. The summed E-state index contributed by atoms with van der Waals surface area (Å²) in [4.78, 5) is 35.0. The van der Waals surface area contributed by atoms with Crippen molar-refractivity contribution in [2.75, 3.05) is 26.7 Å². The van der Waals surface area contributed by atoms with Crippen molar-refractivity contribution in [3.05, 3.63) is 57.3 Å². The standard InChI is InChI=1S/C29H28N4O6S2/c34-26-24(14-18-6-8-20-22(12-18)38-16-36-20)40-28(32-26)30-10-4-2-1-3-5-11-31-29-33-27(35)25(41-29)15-19-7-9-21-23(13-19)39-17-37-21/h6-9,12-15H,1-5,10-11,16-17H2,(H,30,32,34)(H,31,33,35)/b24-14-,25-15-. The second-order valence-electron chi connectivity index (χ2n) is 9.50. The van der Waals surface area contributed by atoms with Gasteiger partial charge in [-0.3, -0.25) is 19.6 Å². The van der Waals surface area contributed by atoms with E-state index in [0.29, 0.717) is 56.2 Å². The number of ether oxygens (including phenoxy) is 4. The Balaban J connectivity index is 0.871. The highest BCUT2D eigenvalue weighted by atomic mass is 32.2. The van der Waals surface area contributed by atoms with E-state index in [9.17, 15) is 9.59 Å². The predicted molar refractivity (Wildman–Crippen MR) is 160 cm³/mol. The highest BCUT2D eigenvalue weighted by Gasteiger charge is 2.25. The van der Waals surface area contributed by atoms with E-state index in [1.807, 2.05) is 48.6 Å². The van der Waals surface area contributed by atoms with Gasteiger partial charge < -0.3 is 29.6 Å². The number of amides is 2. The largest absolute Gasteiger partial charge is 0.454 e. The van der Waals surface area contributed by atoms with Crippen LogP contribution in [0.15, 0.2) is 56.2 Å². The molecule has 12 heteroatoms. The minimum Gasteiger partial charge on any atom is -0.454 e. The van der Waals surface area contributed by atoms with Crippen molar-refractivity contribution in [1.29, 1.82) is 0 Å². The molecule has 10 nitrogen and oxygen atoms in total. The molecule has 0 aliphatic carbocycles. The molecule has 4 heterocycles. The fraction of sp³-hybridized carbons (Fsp3) is 0.310. The highest BCUT2D eigenvalue weighted by Crippen LogP contribution is 2.35. The molecule has 2 N–H and O–H groups in total. The monoisotopic (exact) mass is 592 g/mol. The van der Waals surface area contributed by atoms with E-state index in [1.54, 1.807) is 0 Å². The van der Waals surface area contributed by atoms with E-state index < -0.39 is 0 Å². The summed E-state index contributed by atoms with van der Waals surface area (Å²) in [6, 6.07) is 11.2. The Morgan fingerprint density at radius 3 is 1.56 bits per heavy atom. The molecule has 0 aromatic heterocycles. The number of benzene rings is 2. The molecule has 0 atom stereocenters. The number of rotatable bonds is 10. The molecule has 2 saturated heterocycles. The van der Waals surface area contributed by atoms with Crippen LogP contribution in [0.2, 0.25) is 0 Å². The Hall–Kier alpha value is -3.90. The van der Waals surface area contributed by atoms with Gasteiger partial charge in [-0.25, -0.2) is 0 Å². The van der Waals surface area contributed by atoms with Crippen molar-refractivity contribution in [2.24, 2.45) is 9.98 Å². The first-order valence-electron chi connectivity index (χ1n) is 13.4. The van der Waals surface area contributed by atoms with Crippen molar-refractivity contribution in [3.8, 4) is 23.0 Å². The SMILES string of the molecule is O=C1NC(=NCCCCCCCN=C2NC(=O)/C(=C/c3ccc4c(c3)OCO4)S2)S/C1=C\c1ccc2c(c1)OCO2. The lowest BCUT2D eigenvalue weighted by molar-refractivity contribution is -0.116. The zero-order chi connectivity index (χ0) is 28.0. The van der Waals surface area contributed by atoms with Gasteiger partial charge in [0, 0.05) is 13.1 Å². The second-order valence-corrected chi connectivity index (χ2v) is 11.6. The third kappa shape index (κ3) is 6.88. The van der Waals surface area contributed by atoms with E-state index in [4.69, 9.17) is 18.9 Å². The molecule has 0 unspecified atom stereocenters. The molecule has 0 radical (unpaired) electrons. The van der Waals surface area contributed by atoms with E-state index in [2.05, 4.69) is 20.6 Å². The molecule has 2 amide bonds. The molecule has 6 rings (SSSR count). The van der Waals surface area contributed by atoms with Gasteiger partial charge in [-0.05, 0) is 83.9 Å². The predicted octanol–water partition coefficient (Wildman–Crippen LogP) is 4.91. The number of hydrogen-bond acceptors (Lipinski definition) is 10. The van der Waals surface area contributed by atoms with Gasteiger partial charge in [0.15, 0.2) is 33.3 Å². The van der Waals surface area contributed by atoms with Crippen LogP contribution in [0.5, 0.6) is 23.0 Å². The first-order chi connectivity index (χ1) is 20.1. The van der Waals surface area contributed by atoms with Crippen LogP contribution in [0.3, 0.4) is 0 Å². The number of carbonyl (C=O) groups excluding carboxylic acids is 2. The number of thioether (sulfide) groups is 2. The zero-order valence-corrected chi connectivity index (χ0v) is 23.8. The van der Waals surface area contributed by atoms with Crippen molar-refractivity contribution in [1.82, 2.24) is 10.6 Å². The highest BCUT2D eigenvalue weighted by molar-refractivity contribution is 8.19. The van der Waals surface area contributed by atoms with Gasteiger partial charge in [0.1, 0.15) is 0 Å². The third-order valence-electron chi connectivity index (χ3n) is 6.52. The summed E-state index contributed by atoms with van der Waals surface area (Å²) in [6.07, 6.45) is 8.77. The summed E-state index contributed by atoms with van der Waals surface area (Å²) in [7, 11) is 0. The van der Waals surface area contributed by atoms with Gasteiger partial charge in [-0.15, -0.1) is 0 Å². The lowest BCUT2D eigenvalue weighted by atomic mass is 10.1. The maximum Gasteiger partial charge on any atom is 0.264 e. The lowest BCUT2D eigenvalue weighted by Crippen LogP contribution is -2.20. The van der Waals surface area contributed by atoms with E-state index in [1.165, 1.54) is 23.5 Å². The number of nitrogens with zero attached hydrogens (tertiary/aromatic N) is 2. The van der Waals surface area contributed by atoms with Gasteiger partial charge in [0.25, 0.3) is 11.8 Å². The molecule has 2 aromatic carbocycles. The molecule has 2 aromatic rings. The lowest BCUT2D eigenvalue weighted by Gasteiger charge is -2.00. The summed E-state index contributed by atoms with van der Waals surface area (Å²) in [5, 5.41) is 6.96. The number of amidine groups is 2. The summed E-state index contributed by atoms with van der Waals surface area (Å²) in [5.41, 5.74) is 1.76. The molecule has 4 aliphatic heterocycles. The zero-order valence-electron chi connectivity index (χ0n) is 22.1. The molecule has 2 fully saturated rings. The topological polar surface area (TPSA) is 120 Å². The van der Waals surface area contributed by atoms with Gasteiger partial charge in [0.2, 0.25) is 13.6 Å². The number of aliphatic imine (C=N–C) groups is 2. The van der Waals surface area contributed by atoms with Crippen molar-refractivity contribution >= 4 is 57.8 Å². The summed E-state index contributed by atoms with van der Waals surface area (Å²) >= 11 is 2.71. The van der Waals surface area contributed by atoms with Crippen LogP contribution in [0.4, 0.5) is 0 Å². The molecule has 0 spiro atoms. The molecular weight excluding hydrogens is 564 g/mol. The molecule has 41 heavy (non-hydrogen) atoms. The quantitative estimate of drug-likeness (QED) is 0.295. The Morgan fingerprint density at radius 2 is 1.07 bits per heavy atom. The molecule has 0 saturated carbocycles. The normalized spacial score (nSPS) is 21.0. The van der Waals surface area contributed by atoms with Crippen LogP contribution < -0.4 is 29.6 Å². The number of fused-ring (bicyclic) bond motifs is 2. The molecular formula is C29H28N4O6S2. The van der Waals surface area contributed by atoms with Crippen molar-refractivity contribution in [2.45, 2.75) is 32.1 Å². The van der Waals surface area contributed by atoms with Crippen molar-refractivity contribution < 1.29 is 28.5 Å². The Labute approximate surface area is 245 Å². The van der Waals surface area contributed by atoms with Gasteiger partial charge in [-0.1, -0.05) is 31.4 Å². The van der Waals surface area contributed by atoms with Crippen LogP contribution in [0.25, 0.3) is 12.2 Å². The first kappa shape index (κ1) is 27.3. The molecule has 212 valence electrons. The number of unbranched alkanes of at least 4 members (excludes halogenated alkanes) is 4. The summed E-state index contributed by atoms with van der Waals surface area (Å²) in [5.74, 6) is 2.53. The summed E-state index contributed by atoms with van der Waals surface area (Å²) in [6.45, 7) is 1.78. The average Bonchev–Trinajstić information content (AvgIpc) is 3.76. The van der Waals surface area contributed by atoms with Crippen molar-refractivity contribution in [3.63, 3.8) is 0 Å². The van der Waals surface area contributed by atoms with Crippen LogP contribution in [-0.4, -0.2) is 48.8 Å². The van der Waals surface area contributed by atoms with Gasteiger partial charge in [0.05, 0.1) is 9.81 Å². The first-order valence-corrected chi connectivity index (χ1v) is 15.0. The van der Waals surface area contributed by atoms with Crippen LogP contribution in [0.1, 0.15) is 43.2 Å². The third-order valence-corrected chi connectivity index (χ3v) is 8.41. The van der Waals surface area contributed by atoms with Gasteiger partial charge >= 0.3 is 0 Å². The van der Waals surface area contributed by atoms with E-state index >= 15 is 0 Å². The van der Waals surface area contributed by atoms with Crippen LogP contribution in [-0.2, 0) is 9.59 Å². The number of carbonyl (C=O) groups is 2. The average molecular weight is 593 g/mol. The Kier molecular flexibility index (Phi) is 8.47. The summed E-state index contributed by atoms with van der Waals surface area (Å²) < 4.78 is 21.5. The van der Waals surface area contributed by atoms with E-state index in [0.717, 1.165) is 43.2 Å². The number of hydrogen-bond donors (Lipinski definition) is 2. The maximum atomic E-state index is 12.3. The Bertz CT molecular complexity index is 1380. The maximum absolute atomic E-state index is 12.3. The smallest absolute Gasteiger partial charge is 0.264 e. The Morgan fingerprint density at radius 1 is 0.634 bits per heavy atom. The van der Waals surface area contributed by atoms with Crippen LogP contribution >= 0.6 is 23.5 Å². The van der Waals surface area contributed by atoms with Gasteiger partial charge in [-0.2, -0.15) is 0 Å². The molecule has 0 bridgehead atoms. The minimum absolute atomic E-state index is 0.139. The fourth-order valence-corrected chi connectivity index (χ4v) is 6.12.